The molecule has 1 aliphatic rings. The van der Waals surface area contributed by atoms with Crippen LogP contribution in [0.25, 0.3) is 0 Å². The fraction of sp³-hybridized carbons (Fsp3) is 0.400. The average molecular weight is 339 g/mol. The molecule has 1 N–H and O–H groups in total. The van der Waals surface area contributed by atoms with Gasteiger partial charge in [0.25, 0.3) is 5.91 Å². The minimum atomic E-state index is -0.149. The quantitative estimate of drug-likeness (QED) is 0.910. The molecule has 132 valence electrons. The molecule has 5 heteroatoms. The molecule has 1 aliphatic heterocycles. The van der Waals surface area contributed by atoms with E-state index in [4.69, 9.17) is 4.74 Å². The third-order valence-corrected chi connectivity index (χ3v) is 4.34. The Bertz CT molecular complexity index is 695. The van der Waals surface area contributed by atoms with Gasteiger partial charge in [-0.2, -0.15) is 0 Å². The zero-order valence-electron chi connectivity index (χ0n) is 14.8. The van der Waals surface area contributed by atoms with Crippen molar-refractivity contribution in [2.45, 2.75) is 39.1 Å². The number of morpholine rings is 1. The highest BCUT2D eigenvalue weighted by Crippen LogP contribution is 2.17. The van der Waals surface area contributed by atoms with Crippen molar-refractivity contribution >= 4 is 5.91 Å². The number of ether oxygens (including phenoxy) is 1. The Kier molecular flexibility index (Phi) is 5.79. The molecule has 1 aromatic carbocycles. The van der Waals surface area contributed by atoms with E-state index in [9.17, 15) is 4.79 Å². The molecule has 0 spiro atoms. The van der Waals surface area contributed by atoms with Gasteiger partial charge < -0.3 is 10.1 Å². The maximum absolute atomic E-state index is 12.2. The van der Waals surface area contributed by atoms with Crippen molar-refractivity contribution in [1.82, 2.24) is 15.2 Å². The third kappa shape index (κ3) is 4.87. The maximum atomic E-state index is 12.2. The van der Waals surface area contributed by atoms with E-state index < -0.39 is 0 Å². The van der Waals surface area contributed by atoms with Gasteiger partial charge in [0.15, 0.2) is 0 Å². The van der Waals surface area contributed by atoms with Crippen molar-refractivity contribution in [1.29, 1.82) is 0 Å². The maximum Gasteiger partial charge on any atom is 0.270 e. The van der Waals surface area contributed by atoms with E-state index in [1.165, 1.54) is 5.56 Å². The molecule has 1 saturated heterocycles. The largest absolute Gasteiger partial charge is 0.373 e. The van der Waals surface area contributed by atoms with E-state index in [0.717, 1.165) is 25.2 Å². The molecule has 0 unspecified atom stereocenters. The molecule has 0 bridgehead atoms. The number of rotatable bonds is 5. The third-order valence-electron chi connectivity index (χ3n) is 4.34. The highest BCUT2D eigenvalue weighted by atomic mass is 16.5. The topological polar surface area (TPSA) is 54.5 Å². The van der Waals surface area contributed by atoms with Gasteiger partial charge >= 0.3 is 0 Å². The molecule has 0 saturated carbocycles. The van der Waals surface area contributed by atoms with Gasteiger partial charge in [-0.05, 0) is 37.1 Å². The van der Waals surface area contributed by atoms with Crippen molar-refractivity contribution in [2.75, 3.05) is 13.1 Å². The van der Waals surface area contributed by atoms with Crippen LogP contribution in [0.5, 0.6) is 0 Å². The summed E-state index contributed by atoms with van der Waals surface area (Å²) in [4.78, 5) is 18.7. The number of nitrogens with one attached hydrogen (secondary N) is 1. The summed E-state index contributed by atoms with van der Waals surface area (Å²) < 4.78 is 5.81. The number of carbonyl (C=O) groups excluding carboxylic acids is 1. The second-order valence-electron chi connectivity index (χ2n) is 6.62. The highest BCUT2D eigenvalue weighted by molar-refractivity contribution is 5.92. The summed E-state index contributed by atoms with van der Waals surface area (Å²) in [5.74, 6) is -0.149. The number of amides is 1. The van der Waals surface area contributed by atoms with Crippen LogP contribution in [-0.4, -0.2) is 41.1 Å². The number of aromatic nitrogens is 1. The fourth-order valence-corrected chi connectivity index (χ4v) is 3.30. The molecular formula is C20H25N3O2. The van der Waals surface area contributed by atoms with Gasteiger partial charge in [-0.15, -0.1) is 0 Å². The van der Waals surface area contributed by atoms with Gasteiger partial charge in [0.05, 0.1) is 12.2 Å². The number of nitrogens with zero attached hydrogens (tertiary/aromatic N) is 2. The highest BCUT2D eigenvalue weighted by Gasteiger charge is 2.22. The fourth-order valence-electron chi connectivity index (χ4n) is 3.30. The smallest absolute Gasteiger partial charge is 0.270 e. The Balaban J connectivity index is 1.64. The van der Waals surface area contributed by atoms with Crippen molar-refractivity contribution in [3.8, 4) is 0 Å². The second kappa shape index (κ2) is 8.23. The van der Waals surface area contributed by atoms with Crippen LogP contribution in [0.3, 0.4) is 0 Å². The zero-order valence-corrected chi connectivity index (χ0v) is 14.8. The van der Waals surface area contributed by atoms with Crippen LogP contribution in [0.4, 0.5) is 0 Å². The molecule has 25 heavy (non-hydrogen) atoms. The molecule has 1 aromatic heterocycles. The van der Waals surface area contributed by atoms with E-state index in [2.05, 4.69) is 41.2 Å². The summed E-state index contributed by atoms with van der Waals surface area (Å²) in [7, 11) is 0. The van der Waals surface area contributed by atoms with Gasteiger partial charge in [-0.3, -0.25) is 14.7 Å². The van der Waals surface area contributed by atoms with Crippen molar-refractivity contribution < 1.29 is 9.53 Å². The van der Waals surface area contributed by atoms with Crippen LogP contribution in [-0.2, 0) is 17.8 Å². The Morgan fingerprint density at radius 2 is 1.80 bits per heavy atom. The normalized spacial score (nSPS) is 21.0. The Morgan fingerprint density at radius 1 is 1.12 bits per heavy atom. The first-order valence-electron chi connectivity index (χ1n) is 8.75. The molecule has 1 amide bonds. The number of hydrogen-bond donors (Lipinski definition) is 1. The molecule has 0 radical (unpaired) electrons. The summed E-state index contributed by atoms with van der Waals surface area (Å²) in [6, 6.07) is 13.6. The lowest BCUT2D eigenvalue weighted by Crippen LogP contribution is -2.45. The van der Waals surface area contributed by atoms with E-state index in [0.29, 0.717) is 12.2 Å². The second-order valence-corrected chi connectivity index (χ2v) is 6.62. The van der Waals surface area contributed by atoms with Crippen LogP contribution in [0, 0.1) is 0 Å². The summed E-state index contributed by atoms with van der Waals surface area (Å²) in [6.07, 6.45) is 2.13. The lowest BCUT2D eigenvalue weighted by molar-refractivity contribution is -0.0705. The molecule has 2 atom stereocenters. The standard InChI is InChI=1S/C20H25N3O2/c1-15-12-23(13-16(2)25-15)14-18-8-4-3-7-17(18)11-22-20(24)19-9-5-6-10-21-19/h3-10,15-16H,11-14H2,1-2H3,(H,22,24)/t15-,16-/m1/s1. The van der Waals surface area contributed by atoms with Gasteiger partial charge in [0.2, 0.25) is 0 Å². The summed E-state index contributed by atoms with van der Waals surface area (Å²) in [5.41, 5.74) is 2.82. The summed E-state index contributed by atoms with van der Waals surface area (Å²) >= 11 is 0. The molecule has 1 fully saturated rings. The summed E-state index contributed by atoms with van der Waals surface area (Å²) in [6.45, 7) is 7.45. The van der Waals surface area contributed by atoms with Crippen molar-refractivity contribution in [2.24, 2.45) is 0 Å². The van der Waals surface area contributed by atoms with Crippen LogP contribution >= 0.6 is 0 Å². The van der Waals surface area contributed by atoms with Gasteiger partial charge in [-0.25, -0.2) is 0 Å². The van der Waals surface area contributed by atoms with Crippen LogP contribution in [0.1, 0.15) is 35.5 Å². The predicted octanol–water partition coefficient (Wildman–Crippen LogP) is 2.62. The van der Waals surface area contributed by atoms with Crippen molar-refractivity contribution in [3.05, 3.63) is 65.5 Å². The number of pyridine rings is 1. The summed E-state index contributed by atoms with van der Waals surface area (Å²) in [5, 5.41) is 2.97. The monoisotopic (exact) mass is 339 g/mol. The van der Waals surface area contributed by atoms with E-state index in [1.807, 2.05) is 18.2 Å². The van der Waals surface area contributed by atoms with Crippen LogP contribution in [0.15, 0.2) is 48.7 Å². The number of carbonyl (C=O) groups is 1. The minimum absolute atomic E-state index is 0.149. The Labute approximate surface area is 149 Å². The average Bonchev–Trinajstić information content (AvgIpc) is 2.60. The van der Waals surface area contributed by atoms with E-state index in [-0.39, 0.29) is 18.1 Å². The Hall–Kier alpha value is -2.24. The van der Waals surface area contributed by atoms with Crippen LogP contribution in [0.2, 0.25) is 0 Å². The molecule has 2 aromatic rings. The molecule has 2 heterocycles. The Morgan fingerprint density at radius 3 is 2.48 bits per heavy atom. The zero-order chi connectivity index (χ0) is 17.6. The minimum Gasteiger partial charge on any atom is -0.373 e. The van der Waals surface area contributed by atoms with Crippen LogP contribution < -0.4 is 5.32 Å². The lowest BCUT2D eigenvalue weighted by atomic mass is 10.1. The first-order chi connectivity index (χ1) is 12.1. The predicted molar refractivity (Wildman–Crippen MR) is 97.1 cm³/mol. The first-order valence-corrected chi connectivity index (χ1v) is 8.75. The lowest BCUT2D eigenvalue weighted by Gasteiger charge is -2.35. The molecular weight excluding hydrogens is 314 g/mol. The van der Waals surface area contributed by atoms with E-state index in [1.54, 1.807) is 18.3 Å². The SMILES string of the molecule is C[C@@H]1CN(Cc2ccccc2CNC(=O)c2ccccn2)C[C@@H](C)O1. The first kappa shape index (κ1) is 17.6. The van der Waals surface area contributed by atoms with Crippen molar-refractivity contribution in [3.63, 3.8) is 0 Å². The van der Waals surface area contributed by atoms with E-state index >= 15 is 0 Å². The molecule has 0 aliphatic carbocycles. The van der Waals surface area contributed by atoms with Gasteiger partial charge in [0.1, 0.15) is 5.69 Å². The van der Waals surface area contributed by atoms with Gasteiger partial charge in [0, 0.05) is 32.4 Å². The number of benzene rings is 1. The van der Waals surface area contributed by atoms with Gasteiger partial charge in [-0.1, -0.05) is 30.3 Å². The number of hydrogen-bond acceptors (Lipinski definition) is 4. The molecule has 5 nitrogen and oxygen atoms in total. The molecule has 3 rings (SSSR count).